The van der Waals surface area contributed by atoms with Crippen LogP contribution in [0.1, 0.15) is 72.2 Å². The highest BCUT2D eigenvalue weighted by atomic mass is 16.6. The molecule has 2 aromatic heterocycles. The molecule has 0 atom stereocenters. The van der Waals surface area contributed by atoms with Crippen LogP contribution < -0.4 is 0 Å². The molecule has 4 aromatic rings. The van der Waals surface area contributed by atoms with Gasteiger partial charge >= 0.3 is 0 Å². The fourth-order valence-electron chi connectivity index (χ4n) is 6.20. The van der Waals surface area contributed by atoms with E-state index in [0.717, 1.165) is 85.2 Å². The molecule has 2 heterocycles. The highest BCUT2D eigenvalue weighted by molar-refractivity contribution is 6.04. The molecule has 0 amide bonds. The summed E-state index contributed by atoms with van der Waals surface area (Å²) in [5, 5.41) is 11.7. The molecule has 6 heteroatoms. The standard InChI is InChI=1S/C33H34N4O2/c1-21-23-9-3-5-13-27(23)34-31-25(21)11-7-15-29(31)36-38-19-33(17-18-33)20-39-37-30-16-8-12-26-22(2)24-10-4-6-14-28(24)35-32(26)30/h3-6,9-10,13-14H,7-8,11-12,15-20H2,1-2H3. The molecular formula is C33H34N4O2. The van der Waals surface area contributed by atoms with Crippen molar-refractivity contribution < 1.29 is 9.68 Å². The van der Waals surface area contributed by atoms with Gasteiger partial charge in [0.2, 0.25) is 0 Å². The lowest BCUT2D eigenvalue weighted by atomic mass is 9.89. The monoisotopic (exact) mass is 518 g/mol. The summed E-state index contributed by atoms with van der Waals surface area (Å²) in [5.74, 6) is 0. The molecule has 198 valence electrons. The van der Waals surface area contributed by atoms with Crippen LogP contribution in [0.15, 0.2) is 58.8 Å². The molecule has 0 spiro atoms. The second-order valence-electron chi connectivity index (χ2n) is 11.5. The van der Waals surface area contributed by atoms with Crippen LogP contribution in [-0.4, -0.2) is 34.6 Å². The fraction of sp³-hybridized carbons (Fsp3) is 0.394. The van der Waals surface area contributed by atoms with Crippen LogP contribution in [-0.2, 0) is 22.5 Å². The molecule has 1 saturated carbocycles. The molecule has 0 bridgehead atoms. The molecule has 3 aliphatic carbocycles. The number of para-hydroxylation sites is 2. The summed E-state index contributed by atoms with van der Waals surface area (Å²) >= 11 is 0. The molecule has 2 aromatic carbocycles. The van der Waals surface area contributed by atoms with Crippen molar-refractivity contribution in [2.75, 3.05) is 13.2 Å². The maximum atomic E-state index is 5.98. The minimum atomic E-state index is -0.0113. The van der Waals surface area contributed by atoms with Gasteiger partial charge in [-0.25, -0.2) is 9.97 Å². The Morgan fingerprint density at radius 2 is 1.13 bits per heavy atom. The first kappa shape index (κ1) is 24.3. The molecule has 39 heavy (non-hydrogen) atoms. The number of aryl methyl sites for hydroxylation is 2. The summed E-state index contributed by atoms with van der Waals surface area (Å²) in [5.41, 5.74) is 11.2. The third-order valence-electron chi connectivity index (χ3n) is 8.83. The summed E-state index contributed by atoms with van der Waals surface area (Å²) < 4.78 is 0. The minimum absolute atomic E-state index is 0.0113. The van der Waals surface area contributed by atoms with Crippen molar-refractivity contribution in [3.8, 4) is 0 Å². The van der Waals surface area contributed by atoms with Crippen molar-refractivity contribution in [1.29, 1.82) is 0 Å². The highest BCUT2D eigenvalue weighted by Gasteiger charge is 2.45. The number of hydrogen-bond donors (Lipinski definition) is 0. The minimum Gasteiger partial charge on any atom is -0.395 e. The van der Waals surface area contributed by atoms with Crippen LogP contribution in [0, 0.1) is 19.3 Å². The lowest BCUT2D eigenvalue weighted by Gasteiger charge is -2.21. The molecule has 0 saturated heterocycles. The van der Waals surface area contributed by atoms with Crippen LogP contribution >= 0.6 is 0 Å². The Labute approximate surface area is 229 Å². The van der Waals surface area contributed by atoms with Crippen LogP contribution in [0.3, 0.4) is 0 Å². The summed E-state index contributed by atoms with van der Waals surface area (Å²) in [4.78, 5) is 21.9. The third kappa shape index (κ3) is 4.46. The van der Waals surface area contributed by atoms with E-state index in [1.807, 2.05) is 12.1 Å². The van der Waals surface area contributed by atoms with E-state index in [1.165, 1.54) is 33.0 Å². The molecule has 6 nitrogen and oxygen atoms in total. The van der Waals surface area contributed by atoms with Gasteiger partial charge in [0.05, 0.1) is 22.4 Å². The van der Waals surface area contributed by atoms with E-state index in [2.05, 4.69) is 60.6 Å². The average Bonchev–Trinajstić information content (AvgIpc) is 3.74. The van der Waals surface area contributed by atoms with Crippen molar-refractivity contribution in [1.82, 2.24) is 9.97 Å². The van der Waals surface area contributed by atoms with E-state index >= 15 is 0 Å². The second kappa shape index (κ2) is 9.74. The molecule has 0 radical (unpaired) electrons. The number of nitrogens with zero attached hydrogens (tertiary/aromatic N) is 4. The summed E-state index contributed by atoms with van der Waals surface area (Å²) in [6.45, 7) is 5.49. The lowest BCUT2D eigenvalue weighted by Crippen LogP contribution is -2.20. The smallest absolute Gasteiger partial charge is 0.126 e. The van der Waals surface area contributed by atoms with Gasteiger partial charge < -0.3 is 9.68 Å². The number of hydrogen-bond acceptors (Lipinski definition) is 6. The van der Waals surface area contributed by atoms with E-state index in [1.54, 1.807) is 0 Å². The number of rotatable bonds is 6. The molecule has 0 unspecified atom stereocenters. The summed E-state index contributed by atoms with van der Waals surface area (Å²) in [6.07, 6.45) is 8.18. The Morgan fingerprint density at radius 3 is 1.59 bits per heavy atom. The van der Waals surface area contributed by atoms with Gasteiger partial charge in [0, 0.05) is 16.2 Å². The number of oxime groups is 2. The van der Waals surface area contributed by atoms with E-state index in [9.17, 15) is 0 Å². The quantitative estimate of drug-likeness (QED) is 0.258. The number of fused-ring (bicyclic) bond motifs is 4. The predicted molar refractivity (Wildman–Crippen MR) is 155 cm³/mol. The average molecular weight is 519 g/mol. The van der Waals surface area contributed by atoms with Crippen LogP contribution in [0.2, 0.25) is 0 Å². The van der Waals surface area contributed by atoms with Gasteiger partial charge in [-0.15, -0.1) is 0 Å². The first-order valence-corrected chi connectivity index (χ1v) is 14.3. The van der Waals surface area contributed by atoms with Gasteiger partial charge in [0.25, 0.3) is 0 Å². The molecule has 1 fully saturated rings. The molecule has 7 rings (SSSR count). The largest absolute Gasteiger partial charge is 0.395 e. The number of benzene rings is 2. The van der Waals surface area contributed by atoms with Crippen molar-refractivity contribution in [3.63, 3.8) is 0 Å². The van der Waals surface area contributed by atoms with Gasteiger partial charge in [-0.3, -0.25) is 0 Å². The van der Waals surface area contributed by atoms with Gasteiger partial charge in [-0.1, -0.05) is 46.7 Å². The Morgan fingerprint density at radius 1 is 0.667 bits per heavy atom. The normalized spacial score (nSPS) is 19.7. The summed E-state index contributed by atoms with van der Waals surface area (Å²) in [6, 6.07) is 16.7. The highest BCUT2D eigenvalue weighted by Crippen LogP contribution is 2.46. The second-order valence-corrected chi connectivity index (χ2v) is 11.5. The zero-order valence-electron chi connectivity index (χ0n) is 22.8. The predicted octanol–water partition coefficient (Wildman–Crippen LogP) is 6.99. The van der Waals surface area contributed by atoms with Gasteiger partial charge in [0.1, 0.15) is 24.6 Å². The maximum Gasteiger partial charge on any atom is 0.126 e. The van der Waals surface area contributed by atoms with E-state index in [-0.39, 0.29) is 5.41 Å². The van der Waals surface area contributed by atoms with Crippen molar-refractivity contribution in [3.05, 3.63) is 82.2 Å². The summed E-state index contributed by atoms with van der Waals surface area (Å²) in [7, 11) is 0. The van der Waals surface area contributed by atoms with Crippen molar-refractivity contribution in [2.24, 2.45) is 15.7 Å². The first-order chi connectivity index (χ1) is 19.1. The molecule has 0 N–H and O–H groups in total. The Kier molecular flexibility index (Phi) is 6.06. The fourth-order valence-corrected chi connectivity index (χ4v) is 6.20. The Bertz CT molecular complexity index is 1530. The SMILES string of the molecule is Cc1c2c(nc3ccccc13)C(=NOCC1(CON=C3CCCc4c3nc3ccccc3c4C)CC1)CCC2. The number of pyridine rings is 2. The van der Waals surface area contributed by atoms with Crippen LogP contribution in [0.4, 0.5) is 0 Å². The van der Waals surface area contributed by atoms with E-state index in [4.69, 9.17) is 19.6 Å². The van der Waals surface area contributed by atoms with Crippen LogP contribution in [0.25, 0.3) is 21.8 Å². The van der Waals surface area contributed by atoms with E-state index < -0.39 is 0 Å². The zero-order chi connectivity index (χ0) is 26.4. The number of aromatic nitrogens is 2. The third-order valence-corrected chi connectivity index (χ3v) is 8.83. The van der Waals surface area contributed by atoms with E-state index in [0.29, 0.717) is 13.2 Å². The zero-order valence-corrected chi connectivity index (χ0v) is 22.8. The molecular weight excluding hydrogens is 484 g/mol. The molecule has 0 aliphatic heterocycles. The molecule has 3 aliphatic rings. The van der Waals surface area contributed by atoms with Gasteiger partial charge in [-0.2, -0.15) is 0 Å². The Balaban J connectivity index is 1.04. The van der Waals surface area contributed by atoms with Gasteiger partial charge in [-0.05, 0) is 99.6 Å². The lowest BCUT2D eigenvalue weighted by molar-refractivity contribution is 0.0316. The van der Waals surface area contributed by atoms with Crippen molar-refractivity contribution in [2.45, 2.75) is 65.2 Å². The maximum absolute atomic E-state index is 5.98. The van der Waals surface area contributed by atoms with Crippen molar-refractivity contribution >= 4 is 33.2 Å². The first-order valence-electron chi connectivity index (χ1n) is 14.3. The van der Waals surface area contributed by atoms with Crippen LogP contribution in [0.5, 0.6) is 0 Å². The Hall–Kier alpha value is -3.80. The topological polar surface area (TPSA) is 69.0 Å². The van der Waals surface area contributed by atoms with Gasteiger partial charge in [0.15, 0.2) is 0 Å².